The fraction of sp³-hybridized carbons (Fsp3) is 0. The molecule has 0 spiro atoms. The Hall–Kier alpha value is -1.56. The maximum atomic E-state index is 8.32. The van der Waals surface area contributed by atoms with E-state index in [1.807, 2.05) is 0 Å². The van der Waals surface area contributed by atoms with Crippen LogP contribution in [-0.4, -0.2) is 5.16 Å². The zero-order valence-electron chi connectivity index (χ0n) is 5.56. The predicted octanol–water partition coefficient (Wildman–Crippen LogP) is 2.91. The number of aliphatic imine (C=N–C) groups is 1. The SMILES string of the molecule is N#[N+]c1ccc(N=C=S)cc1. The summed E-state index contributed by atoms with van der Waals surface area (Å²) in [5.74, 6) is 0. The van der Waals surface area contributed by atoms with Crippen molar-refractivity contribution in [3.63, 3.8) is 0 Å². The number of rotatable bonds is 1. The molecule has 0 N–H and O–H groups in total. The second kappa shape index (κ2) is 3.57. The lowest BCUT2D eigenvalue weighted by Gasteiger charge is -1.82. The van der Waals surface area contributed by atoms with Crippen molar-refractivity contribution in [3.05, 3.63) is 29.2 Å². The molecule has 4 heteroatoms. The van der Waals surface area contributed by atoms with Crippen molar-refractivity contribution < 1.29 is 0 Å². The zero-order chi connectivity index (χ0) is 8.10. The lowest BCUT2D eigenvalue weighted by Crippen LogP contribution is -1.61. The minimum absolute atomic E-state index is 0.494. The van der Waals surface area contributed by atoms with Crippen molar-refractivity contribution in [1.82, 2.24) is 0 Å². The van der Waals surface area contributed by atoms with Gasteiger partial charge in [-0.15, -0.1) is 0 Å². The summed E-state index contributed by atoms with van der Waals surface area (Å²) in [6.07, 6.45) is 0. The van der Waals surface area contributed by atoms with E-state index < -0.39 is 0 Å². The topological polar surface area (TPSA) is 40.5 Å². The smallest absolute Gasteiger partial charge is 0.195 e. The van der Waals surface area contributed by atoms with Crippen LogP contribution in [0.25, 0.3) is 4.98 Å². The lowest BCUT2D eigenvalue weighted by molar-refractivity contribution is 1.46. The van der Waals surface area contributed by atoms with Gasteiger partial charge < -0.3 is 0 Å². The van der Waals surface area contributed by atoms with Crippen molar-refractivity contribution in [2.45, 2.75) is 0 Å². The van der Waals surface area contributed by atoms with Crippen LogP contribution in [0.5, 0.6) is 0 Å². The third-order valence-corrected chi connectivity index (χ3v) is 1.23. The standard InChI is InChI=1S/C7H4N3S/c8-10-7-3-1-6(2-4-7)9-5-11/h1-4H/q+1. The second-order valence-electron chi connectivity index (χ2n) is 1.82. The first kappa shape index (κ1) is 7.55. The van der Waals surface area contributed by atoms with Crippen molar-refractivity contribution >= 4 is 28.8 Å². The Morgan fingerprint density at radius 1 is 1.36 bits per heavy atom. The molecule has 0 fully saturated rings. The van der Waals surface area contributed by atoms with Crippen molar-refractivity contribution in [2.75, 3.05) is 0 Å². The number of nitrogens with zero attached hydrogens (tertiary/aromatic N) is 3. The summed E-state index contributed by atoms with van der Waals surface area (Å²) in [6, 6.07) is 6.64. The Balaban J connectivity index is 3.02. The monoisotopic (exact) mass is 162 g/mol. The van der Waals surface area contributed by atoms with Gasteiger partial charge in [-0.2, -0.15) is 4.99 Å². The highest BCUT2D eigenvalue weighted by Crippen LogP contribution is 2.17. The van der Waals surface area contributed by atoms with E-state index in [0.29, 0.717) is 11.4 Å². The summed E-state index contributed by atoms with van der Waals surface area (Å²) < 4.78 is 0. The largest absolute Gasteiger partial charge is 0.385 e. The second-order valence-corrected chi connectivity index (χ2v) is 2.00. The molecular weight excluding hydrogens is 158 g/mol. The van der Waals surface area contributed by atoms with E-state index in [-0.39, 0.29) is 0 Å². The van der Waals surface area contributed by atoms with Gasteiger partial charge in [0, 0.05) is 12.1 Å². The molecular formula is C7H4N3S+. The number of hydrogen-bond donors (Lipinski definition) is 0. The molecule has 0 radical (unpaired) electrons. The Bertz CT molecular complexity index is 330. The number of benzene rings is 1. The molecule has 0 saturated heterocycles. The molecule has 0 aromatic heterocycles. The van der Waals surface area contributed by atoms with Gasteiger partial charge in [0.1, 0.15) is 0 Å². The molecule has 1 rings (SSSR count). The van der Waals surface area contributed by atoms with E-state index in [4.69, 9.17) is 5.39 Å². The van der Waals surface area contributed by atoms with Gasteiger partial charge in [-0.1, -0.05) is 0 Å². The first-order chi connectivity index (χ1) is 5.36. The third-order valence-electron chi connectivity index (χ3n) is 1.14. The average molecular weight is 162 g/mol. The Labute approximate surface area is 69.0 Å². The van der Waals surface area contributed by atoms with Crippen molar-refractivity contribution in [3.8, 4) is 0 Å². The van der Waals surface area contributed by atoms with Crippen molar-refractivity contribution in [1.29, 1.82) is 5.39 Å². The van der Waals surface area contributed by atoms with Crippen LogP contribution in [0.2, 0.25) is 0 Å². The summed E-state index contributed by atoms with van der Waals surface area (Å²) in [4.78, 5) is 6.71. The van der Waals surface area contributed by atoms with Crippen LogP contribution in [0.15, 0.2) is 29.3 Å². The maximum Gasteiger partial charge on any atom is 0.385 e. The van der Waals surface area contributed by atoms with Crippen molar-refractivity contribution in [2.24, 2.45) is 4.99 Å². The van der Waals surface area contributed by atoms with Gasteiger partial charge in [-0.05, 0) is 24.4 Å². The molecule has 0 aliphatic heterocycles. The van der Waals surface area contributed by atoms with Gasteiger partial charge in [0.2, 0.25) is 5.39 Å². The number of thiocarbonyl (C=S) groups is 1. The molecule has 0 saturated carbocycles. The molecule has 3 nitrogen and oxygen atoms in total. The van der Waals surface area contributed by atoms with E-state index in [1.54, 1.807) is 24.3 Å². The molecule has 0 aliphatic rings. The Kier molecular flexibility index (Phi) is 2.45. The molecule has 0 heterocycles. The van der Waals surface area contributed by atoms with E-state index in [0.717, 1.165) is 0 Å². The fourth-order valence-electron chi connectivity index (χ4n) is 0.647. The van der Waals surface area contributed by atoms with Crippen LogP contribution in [-0.2, 0) is 0 Å². The summed E-state index contributed by atoms with van der Waals surface area (Å²) in [5.41, 5.74) is 1.20. The zero-order valence-corrected chi connectivity index (χ0v) is 6.38. The van der Waals surface area contributed by atoms with E-state index in [9.17, 15) is 0 Å². The molecule has 1 aromatic rings. The number of hydrogen-bond acceptors (Lipinski definition) is 3. The highest BCUT2D eigenvalue weighted by atomic mass is 32.1. The molecule has 0 aliphatic carbocycles. The normalized spacial score (nSPS) is 7.91. The van der Waals surface area contributed by atoms with Crippen LogP contribution in [0, 0.1) is 5.39 Å². The average Bonchev–Trinajstić information content (AvgIpc) is 2.07. The summed E-state index contributed by atoms with van der Waals surface area (Å²) in [6.45, 7) is 0. The van der Waals surface area contributed by atoms with Gasteiger partial charge >= 0.3 is 5.69 Å². The van der Waals surface area contributed by atoms with Crippen LogP contribution in [0.1, 0.15) is 0 Å². The Morgan fingerprint density at radius 3 is 2.45 bits per heavy atom. The minimum Gasteiger partial charge on any atom is -0.195 e. The number of isothiocyanates is 1. The highest BCUT2D eigenvalue weighted by Gasteiger charge is 2.00. The molecule has 0 bridgehead atoms. The first-order valence-corrected chi connectivity index (χ1v) is 3.30. The summed E-state index contributed by atoms with van der Waals surface area (Å²) in [7, 11) is 0. The van der Waals surface area contributed by atoms with E-state index >= 15 is 0 Å². The van der Waals surface area contributed by atoms with Gasteiger partial charge in [-0.25, -0.2) is 0 Å². The van der Waals surface area contributed by atoms with Crippen LogP contribution in [0.3, 0.4) is 0 Å². The molecule has 0 unspecified atom stereocenters. The van der Waals surface area contributed by atoms with E-state index in [2.05, 4.69) is 27.3 Å². The van der Waals surface area contributed by atoms with Crippen LogP contribution in [0.4, 0.5) is 11.4 Å². The first-order valence-electron chi connectivity index (χ1n) is 2.90. The molecule has 52 valence electrons. The maximum absolute atomic E-state index is 8.32. The van der Waals surface area contributed by atoms with Gasteiger partial charge in [0.25, 0.3) is 0 Å². The number of diazo groups is 1. The summed E-state index contributed by atoms with van der Waals surface area (Å²) >= 11 is 4.41. The predicted molar refractivity (Wildman–Crippen MR) is 45.9 cm³/mol. The highest BCUT2D eigenvalue weighted by molar-refractivity contribution is 7.78. The summed E-state index contributed by atoms with van der Waals surface area (Å²) in [5, 5.41) is 10.6. The van der Waals surface area contributed by atoms with Gasteiger partial charge in [-0.3, -0.25) is 0 Å². The third kappa shape index (κ3) is 1.94. The van der Waals surface area contributed by atoms with Crippen LogP contribution < -0.4 is 0 Å². The lowest BCUT2D eigenvalue weighted by atomic mass is 10.3. The molecule has 11 heavy (non-hydrogen) atoms. The fourth-order valence-corrected chi connectivity index (χ4v) is 0.752. The Morgan fingerprint density at radius 2 is 2.00 bits per heavy atom. The molecule has 0 atom stereocenters. The minimum atomic E-state index is 0.494. The molecule has 1 aromatic carbocycles. The van der Waals surface area contributed by atoms with Crippen LogP contribution >= 0.6 is 12.2 Å². The molecule has 0 amide bonds. The van der Waals surface area contributed by atoms with E-state index in [1.165, 1.54) is 0 Å². The van der Waals surface area contributed by atoms with Gasteiger partial charge in [0.05, 0.1) is 10.8 Å². The quantitative estimate of drug-likeness (QED) is 0.362. The van der Waals surface area contributed by atoms with Gasteiger partial charge in [0.15, 0.2) is 4.98 Å².